The second-order valence-corrected chi connectivity index (χ2v) is 4.93. The number of hydrogen-bond acceptors (Lipinski definition) is 4. The third-order valence-electron chi connectivity index (χ3n) is 2.99. The van der Waals surface area contributed by atoms with Gasteiger partial charge in [0.25, 0.3) is 0 Å². The number of nitrogens with one attached hydrogen (secondary N) is 1. The highest BCUT2D eigenvalue weighted by molar-refractivity contribution is 5.51. The molecule has 0 unspecified atom stereocenters. The second kappa shape index (κ2) is 5.34. The smallest absolute Gasteiger partial charge is 0.373 e. The number of nitrogens with zero attached hydrogens (tertiary/aromatic N) is 4. The highest BCUT2D eigenvalue weighted by atomic mass is 19.4. The molecule has 2 aromatic heterocycles. The van der Waals surface area contributed by atoms with Crippen molar-refractivity contribution in [3.8, 4) is 5.82 Å². The molecule has 0 aliphatic heterocycles. The van der Waals surface area contributed by atoms with Crippen molar-refractivity contribution in [1.82, 2.24) is 19.7 Å². The fourth-order valence-corrected chi connectivity index (χ4v) is 1.84. The summed E-state index contributed by atoms with van der Waals surface area (Å²) in [4.78, 5) is 8.67. The monoisotopic (exact) mass is 299 g/mol. The third kappa shape index (κ3) is 2.98. The van der Waals surface area contributed by atoms with Gasteiger partial charge in [-0.05, 0) is 13.0 Å². The predicted molar refractivity (Wildman–Crippen MR) is 72.5 cm³/mol. The molecule has 1 N–H and O–H groups in total. The number of rotatable bonds is 3. The van der Waals surface area contributed by atoms with E-state index in [0.717, 1.165) is 10.7 Å². The predicted octanol–water partition coefficient (Wildman–Crippen LogP) is 3.15. The topological polar surface area (TPSA) is 55.6 Å². The number of hydrogen-bond donors (Lipinski definition) is 1. The lowest BCUT2D eigenvalue weighted by Gasteiger charge is -2.13. The van der Waals surface area contributed by atoms with Crippen LogP contribution in [0.25, 0.3) is 5.82 Å². The normalized spacial score (nSPS) is 12.0. The van der Waals surface area contributed by atoms with Crippen LogP contribution in [0, 0.1) is 6.92 Å². The Hall–Kier alpha value is -2.12. The highest BCUT2D eigenvalue weighted by Crippen LogP contribution is 2.28. The Labute approximate surface area is 120 Å². The summed E-state index contributed by atoms with van der Waals surface area (Å²) in [6.07, 6.45) is -3.22. The van der Waals surface area contributed by atoms with E-state index in [4.69, 9.17) is 0 Å². The van der Waals surface area contributed by atoms with Crippen molar-refractivity contribution in [3.05, 3.63) is 29.3 Å². The molecule has 0 radical (unpaired) electrons. The molecule has 21 heavy (non-hydrogen) atoms. The van der Waals surface area contributed by atoms with Crippen LogP contribution in [0.2, 0.25) is 0 Å². The molecule has 0 aliphatic carbocycles. The van der Waals surface area contributed by atoms with Crippen LogP contribution in [0.1, 0.15) is 36.8 Å². The van der Waals surface area contributed by atoms with Gasteiger partial charge in [0.1, 0.15) is 11.6 Å². The van der Waals surface area contributed by atoms with Gasteiger partial charge < -0.3 is 5.32 Å². The van der Waals surface area contributed by atoms with Crippen molar-refractivity contribution in [2.24, 2.45) is 0 Å². The van der Waals surface area contributed by atoms with Crippen molar-refractivity contribution < 1.29 is 13.2 Å². The maximum Gasteiger partial charge on any atom is 0.435 e. The van der Waals surface area contributed by atoms with Gasteiger partial charge in [0, 0.05) is 24.7 Å². The average Bonchev–Trinajstić information content (AvgIpc) is 2.88. The Kier molecular flexibility index (Phi) is 3.89. The molecule has 2 aromatic rings. The molecule has 2 heterocycles. The third-order valence-corrected chi connectivity index (χ3v) is 2.99. The summed E-state index contributed by atoms with van der Waals surface area (Å²) in [5.41, 5.74) is -0.309. The lowest BCUT2D eigenvalue weighted by atomic mass is 10.2. The van der Waals surface area contributed by atoms with Crippen LogP contribution in [0.15, 0.2) is 12.3 Å². The summed E-state index contributed by atoms with van der Waals surface area (Å²) in [7, 11) is 1.70. The standard InChI is InChI=1S/C13H16F3N5/c1-7(2)10-18-11(17-4)8(3)12(19-10)21-6-5-9(20-21)13(14,15)16/h5-7H,1-4H3,(H,17,18,19). The van der Waals surface area contributed by atoms with Crippen LogP contribution in [-0.4, -0.2) is 26.8 Å². The first kappa shape index (κ1) is 15.3. The van der Waals surface area contributed by atoms with Gasteiger partial charge in [-0.25, -0.2) is 14.6 Å². The summed E-state index contributed by atoms with van der Waals surface area (Å²) in [5.74, 6) is 1.51. The Morgan fingerprint density at radius 1 is 1.24 bits per heavy atom. The van der Waals surface area contributed by atoms with Crippen molar-refractivity contribution in [3.63, 3.8) is 0 Å². The molecule has 0 aliphatic rings. The summed E-state index contributed by atoms with van der Waals surface area (Å²) in [6.45, 7) is 5.57. The zero-order valence-corrected chi connectivity index (χ0v) is 12.2. The first-order valence-corrected chi connectivity index (χ1v) is 6.43. The summed E-state index contributed by atoms with van der Waals surface area (Å²) in [6, 6.07) is 0.926. The average molecular weight is 299 g/mol. The van der Waals surface area contributed by atoms with Crippen LogP contribution in [0.3, 0.4) is 0 Å². The van der Waals surface area contributed by atoms with E-state index in [-0.39, 0.29) is 5.92 Å². The van der Waals surface area contributed by atoms with E-state index >= 15 is 0 Å². The maximum absolute atomic E-state index is 12.6. The van der Waals surface area contributed by atoms with Crippen molar-refractivity contribution >= 4 is 5.82 Å². The second-order valence-electron chi connectivity index (χ2n) is 4.93. The largest absolute Gasteiger partial charge is 0.435 e. The number of anilines is 1. The van der Waals surface area contributed by atoms with Crippen molar-refractivity contribution in [2.45, 2.75) is 32.9 Å². The van der Waals surface area contributed by atoms with E-state index in [1.807, 2.05) is 13.8 Å². The molecule has 0 spiro atoms. The van der Waals surface area contributed by atoms with Crippen LogP contribution < -0.4 is 5.32 Å². The first-order valence-electron chi connectivity index (χ1n) is 6.43. The molecule has 0 amide bonds. The molecule has 2 rings (SSSR count). The molecule has 0 saturated heterocycles. The number of alkyl halides is 3. The molecule has 114 valence electrons. The van der Waals surface area contributed by atoms with Crippen molar-refractivity contribution in [2.75, 3.05) is 12.4 Å². The van der Waals surface area contributed by atoms with Crippen LogP contribution in [-0.2, 0) is 6.18 Å². The van der Waals surface area contributed by atoms with E-state index in [2.05, 4.69) is 20.4 Å². The summed E-state index contributed by atoms with van der Waals surface area (Å²) < 4.78 is 39.1. The van der Waals surface area contributed by atoms with Gasteiger partial charge in [0.05, 0.1) is 0 Å². The Balaban J connectivity index is 2.57. The summed E-state index contributed by atoms with van der Waals surface area (Å²) in [5, 5.41) is 6.49. The van der Waals surface area contributed by atoms with Gasteiger partial charge in [0.2, 0.25) is 0 Å². The Morgan fingerprint density at radius 3 is 2.38 bits per heavy atom. The molecule has 0 saturated carbocycles. The molecular weight excluding hydrogens is 283 g/mol. The van der Waals surface area contributed by atoms with E-state index in [0.29, 0.717) is 23.0 Å². The first-order chi connectivity index (χ1) is 9.74. The quantitative estimate of drug-likeness (QED) is 0.946. The minimum absolute atomic E-state index is 0.0501. The van der Waals surface area contributed by atoms with Crippen LogP contribution in [0.5, 0.6) is 0 Å². The zero-order chi connectivity index (χ0) is 15.8. The molecular formula is C13H16F3N5. The minimum Gasteiger partial charge on any atom is -0.373 e. The maximum atomic E-state index is 12.6. The fourth-order valence-electron chi connectivity index (χ4n) is 1.84. The Bertz CT molecular complexity index is 646. The summed E-state index contributed by atoms with van der Waals surface area (Å²) >= 11 is 0. The number of aromatic nitrogens is 4. The fraction of sp³-hybridized carbons (Fsp3) is 0.462. The van der Waals surface area contributed by atoms with E-state index in [1.54, 1.807) is 14.0 Å². The van der Waals surface area contributed by atoms with Gasteiger partial charge in [-0.1, -0.05) is 13.8 Å². The van der Waals surface area contributed by atoms with E-state index in [9.17, 15) is 13.2 Å². The molecule has 0 atom stereocenters. The molecule has 0 bridgehead atoms. The van der Waals surface area contributed by atoms with Gasteiger partial charge in [0.15, 0.2) is 11.5 Å². The number of halogens is 3. The molecule has 5 nitrogen and oxygen atoms in total. The lowest BCUT2D eigenvalue weighted by molar-refractivity contribution is -0.141. The van der Waals surface area contributed by atoms with Gasteiger partial charge in [-0.3, -0.25) is 0 Å². The van der Waals surface area contributed by atoms with Gasteiger partial charge in [-0.2, -0.15) is 18.3 Å². The lowest BCUT2D eigenvalue weighted by Crippen LogP contribution is -2.12. The SMILES string of the molecule is CNc1nc(C(C)C)nc(-n2ccc(C(F)(F)F)n2)c1C. The molecule has 8 heteroatoms. The van der Waals surface area contributed by atoms with E-state index in [1.165, 1.54) is 6.20 Å². The zero-order valence-electron chi connectivity index (χ0n) is 12.2. The molecule has 0 aromatic carbocycles. The minimum atomic E-state index is -4.47. The van der Waals surface area contributed by atoms with Crippen LogP contribution >= 0.6 is 0 Å². The van der Waals surface area contributed by atoms with Gasteiger partial charge >= 0.3 is 6.18 Å². The van der Waals surface area contributed by atoms with Crippen LogP contribution in [0.4, 0.5) is 19.0 Å². The molecule has 0 fully saturated rings. The van der Waals surface area contributed by atoms with Gasteiger partial charge in [-0.15, -0.1) is 0 Å². The highest BCUT2D eigenvalue weighted by Gasteiger charge is 2.34. The Morgan fingerprint density at radius 2 is 1.90 bits per heavy atom. The van der Waals surface area contributed by atoms with E-state index < -0.39 is 11.9 Å². The van der Waals surface area contributed by atoms with Crippen molar-refractivity contribution in [1.29, 1.82) is 0 Å².